The lowest BCUT2D eigenvalue weighted by Crippen LogP contribution is -2.12. The minimum Gasteiger partial charge on any atom is -0.392 e. The van der Waals surface area contributed by atoms with Crippen molar-refractivity contribution in [2.45, 2.75) is 39.7 Å². The summed E-state index contributed by atoms with van der Waals surface area (Å²) in [6.45, 7) is 4.04. The van der Waals surface area contributed by atoms with Crippen LogP contribution in [0.2, 0.25) is 0 Å². The van der Waals surface area contributed by atoms with E-state index in [4.69, 9.17) is 5.11 Å². The first-order valence-corrected chi connectivity index (χ1v) is 8.01. The molecule has 2 aromatic rings. The average molecular weight is 303 g/mol. The summed E-state index contributed by atoms with van der Waals surface area (Å²) in [4.78, 5) is 13.4. The molecule has 1 heterocycles. The van der Waals surface area contributed by atoms with E-state index < -0.39 is 0 Å². The molecule has 0 bridgehead atoms. The number of aliphatic hydroxyl groups is 1. The van der Waals surface area contributed by atoms with Crippen molar-refractivity contribution in [3.8, 4) is 0 Å². The maximum atomic E-state index is 12.0. The van der Waals surface area contributed by atoms with Gasteiger partial charge >= 0.3 is 0 Å². The predicted octanol–water partition coefficient (Wildman–Crippen LogP) is 3.82. The van der Waals surface area contributed by atoms with E-state index in [1.807, 2.05) is 25.1 Å². The van der Waals surface area contributed by atoms with Crippen molar-refractivity contribution in [1.29, 1.82) is 0 Å². The van der Waals surface area contributed by atoms with Crippen molar-refractivity contribution in [3.05, 3.63) is 51.2 Å². The molecule has 0 atom stereocenters. The Labute approximate surface area is 129 Å². The lowest BCUT2D eigenvalue weighted by atomic mass is 10.1. The van der Waals surface area contributed by atoms with Crippen LogP contribution in [-0.2, 0) is 17.8 Å². The van der Waals surface area contributed by atoms with Crippen LogP contribution in [-0.4, -0.2) is 11.0 Å². The zero-order valence-electron chi connectivity index (χ0n) is 12.5. The monoisotopic (exact) mass is 303 g/mol. The minimum atomic E-state index is -0.0131. The molecule has 3 nitrogen and oxygen atoms in total. The molecular formula is C17H21NO2S. The normalized spacial score (nSPS) is 10.6. The van der Waals surface area contributed by atoms with E-state index in [0.29, 0.717) is 6.42 Å². The summed E-state index contributed by atoms with van der Waals surface area (Å²) in [5.41, 5.74) is 3.92. The average Bonchev–Trinajstić information content (AvgIpc) is 2.87. The summed E-state index contributed by atoms with van der Waals surface area (Å²) >= 11 is 1.75. The number of hydrogen-bond acceptors (Lipinski definition) is 3. The second-order valence-electron chi connectivity index (χ2n) is 5.24. The van der Waals surface area contributed by atoms with Gasteiger partial charge in [-0.15, -0.1) is 11.3 Å². The number of rotatable bonds is 6. The molecular weight excluding hydrogens is 282 g/mol. The van der Waals surface area contributed by atoms with Crippen molar-refractivity contribution in [3.63, 3.8) is 0 Å². The van der Waals surface area contributed by atoms with Gasteiger partial charge in [-0.3, -0.25) is 4.79 Å². The summed E-state index contributed by atoms with van der Waals surface area (Å²) in [6.07, 6.45) is 2.32. The Balaban J connectivity index is 1.86. The number of nitrogens with one attached hydrogen (secondary N) is 1. The van der Waals surface area contributed by atoms with Crippen molar-refractivity contribution in [2.75, 3.05) is 5.32 Å². The lowest BCUT2D eigenvalue weighted by Gasteiger charge is -2.10. The van der Waals surface area contributed by atoms with Gasteiger partial charge in [0.15, 0.2) is 0 Å². The fraction of sp³-hybridized carbons (Fsp3) is 0.353. The number of amides is 1. The van der Waals surface area contributed by atoms with Crippen LogP contribution in [0.15, 0.2) is 29.6 Å². The molecule has 2 N–H and O–H groups in total. The van der Waals surface area contributed by atoms with Crippen LogP contribution in [0.25, 0.3) is 0 Å². The van der Waals surface area contributed by atoms with E-state index in [1.54, 1.807) is 11.3 Å². The zero-order chi connectivity index (χ0) is 15.2. The third kappa shape index (κ3) is 4.41. The highest BCUT2D eigenvalue weighted by Crippen LogP contribution is 2.19. The number of thiophene rings is 1. The Kier molecular flexibility index (Phi) is 5.53. The first-order valence-electron chi connectivity index (χ1n) is 7.13. The lowest BCUT2D eigenvalue weighted by molar-refractivity contribution is -0.116. The molecule has 0 unspecified atom stereocenters. The Morgan fingerprint density at radius 3 is 2.71 bits per heavy atom. The number of anilines is 1. The van der Waals surface area contributed by atoms with Gasteiger partial charge in [0.1, 0.15) is 0 Å². The molecule has 0 aliphatic rings. The van der Waals surface area contributed by atoms with Gasteiger partial charge in [-0.2, -0.15) is 0 Å². The number of aliphatic hydroxyl groups excluding tert-OH is 1. The molecule has 0 radical (unpaired) electrons. The van der Waals surface area contributed by atoms with Gasteiger partial charge < -0.3 is 10.4 Å². The van der Waals surface area contributed by atoms with Crippen molar-refractivity contribution < 1.29 is 9.90 Å². The van der Waals surface area contributed by atoms with Gasteiger partial charge in [0.05, 0.1) is 6.61 Å². The van der Waals surface area contributed by atoms with Crippen molar-refractivity contribution >= 4 is 22.9 Å². The van der Waals surface area contributed by atoms with Gasteiger partial charge in [-0.1, -0.05) is 12.1 Å². The van der Waals surface area contributed by atoms with Gasteiger partial charge in [0.2, 0.25) is 5.91 Å². The maximum absolute atomic E-state index is 12.0. The molecule has 0 saturated heterocycles. The molecule has 4 heteroatoms. The van der Waals surface area contributed by atoms with Gasteiger partial charge in [0, 0.05) is 17.0 Å². The number of carbonyl (C=O) groups excluding carboxylic acids is 1. The third-order valence-electron chi connectivity index (χ3n) is 3.53. The summed E-state index contributed by atoms with van der Waals surface area (Å²) in [5.74, 6) is 0.0300. The van der Waals surface area contributed by atoms with Crippen LogP contribution in [0, 0.1) is 13.8 Å². The molecule has 112 valence electrons. The van der Waals surface area contributed by atoms with Gasteiger partial charge in [-0.25, -0.2) is 0 Å². The number of hydrogen-bond donors (Lipinski definition) is 2. The highest BCUT2D eigenvalue weighted by molar-refractivity contribution is 7.10. The molecule has 2 rings (SSSR count). The van der Waals surface area contributed by atoms with Gasteiger partial charge in [0.25, 0.3) is 0 Å². The van der Waals surface area contributed by atoms with Crippen LogP contribution < -0.4 is 5.32 Å². The highest BCUT2D eigenvalue weighted by atomic mass is 32.1. The molecule has 1 aromatic heterocycles. The molecule has 0 aliphatic carbocycles. The number of benzene rings is 1. The second-order valence-corrected chi connectivity index (χ2v) is 6.24. The van der Waals surface area contributed by atoms with Crippen LogP contribution in [0.4, 0.5) is 5.69 Å². The molecule has 1 aromatic carbocycles. The first kappa shape index (κ1) is 15.7. The van der Waals surface area contributed by atoms with E-state index in [-0.39, 0.29) is 12.5 Å². The van der Waals surface area contributed by atoms with Crippen LogP contribution >= 0.6 is 11.3 Å². The SMILES string of the molecule is Cc1ccc(CO)cc1NC(=O)CCCc1sccc1C. The Hall–Kier alpha value is -1.65. The smallest absolute Gasteiger partial charge is 0.224 e. The molecule has 0 spiro atoms. The second kappa shape index (κ2) is 7.38. The molecule has 0 aliphatic heterocycles. The molecule has 0 saturated carbocycles. The number of carbonyl (C=O) groups is 1. The summed E-state index contributed by atoms with van der Waals surface area (Å²) in [7, 11) is 0. The quantitative estimate of drug-likeness (QED) is 0.852. The molecule has 21 heavy (non-hydrogen) atoms. The zero-order valence-corrected chi connectivity index (χ0v) is 13.3. The van der Waals surface area contributed by atoms with Crippen LogP contribution in [0.3, 0.4) is 0 Å². The summed E-state index contributed by atoms with van der Waals surface area (Å²) in [5, 5.41) is 14.2. The van der Waals surface area contributed by atoms with E-state index in [1.165, 1.54) is 10.4 Å². The Morgan fingerprint density at radius 1 is 1.24 bits per heavy atom. The fourth-order valence-electron chi connectivity index (χ4n) is 2.18. The largest absolute Gasteiger partial charge is 0.392 e. The summed E-state index contributed by atoms with van der Waals surface area (Å²) < 4.78 is 0. The third-order valence-corrected chi connectivity index (χ3v) is 4.62. The first-order chi connectivity index (χ1) is 10.1. The predicted molar refractivity (Wildman–Crippen MR) is 87.7 cm³/mol. The van der Waals surface area contributed by atoms with E-state index >= 15 is 0 Å². The topological polar surface area (TPSA) is 49.3 Å². The van der Waals surface area contributed by atoms with E-state index in [2.05, 4.69) is 23.7 Å². The van der Waals surface area contributed by atoms with E-state index in [9.17, 15) is 4.79 Å². The van der Waals surface area contributed by atoms with Crippen LogP contribution in [0.1, 0.15) is 34.4 Å². The molecule has 0 fully saturated rings. The van der Waals surface area contributed by atoms with Crippen molar-refractivity contribution in [1.82, 2.24) is 0 Å². The minimum absolute atomic E-state index is 0.0131. The van der Waals surface area contributed by atoms with Crippen LogP contribution in [0.5, 0.6) is 0 Å². The summed E-state index contributed by atoms with van der Waals surface area (Å²) in [6, 6.07) is 7.72. The fourth-order valence-corrected chi connectivity index (χ4v) is 3.14. The standard InChI is InChI=1S/C17H21NO2S/c1-12-6-7-14(11-19)10-15(12)18-17(20)5-3-4-16-13(2)8-9-21-16/h6-10,19H,3-5,11H2,1-2H3,(H,18,20). The Morgan fingerprint density at radius 2 is 2.05 bits per heavy atom. The van der Waals surface area contributed by atoms with Crippen molar-refractivity contribution in [2.24, 2.45) is 0 Å². The highest BCUT2D eigenvalue weighted by Gasteiger charge is 2.07. The Bertz CT molecular complexity index is 619. The van der Waals surface area contributed by atoms with Gasteiger partial charge in [-0.05, 0) is 60.9 Å². The van der Waals surface area contributed by atoms with E-state index in [0.717, 1.165) is 29.7 Å². The number of aryl methyl sites for hydroxylation is 3. The molecule has 1 amide bonds. The maximum Gasteiger partial charge on any atom is 0.224 e.